The zero-order valence-corrected chi connectivity index (χ0v) is 19.7. The van der Waals surface area contributed by atoms with E-state index in [1.807, 2.05) is 24.4 Å². The van der Waals surface area contributed by atoms with E-state index in [9.17, 15) is 14.0 Å². The highest BCUT2D eigenvalue weighted by atomic mass is 19.1. The average molecular weight is 476 g/mol. The lowest BCUT2D eigenvalue weighted by Gasteiger charge is -2.37. The van der Waals surface area contributed by atoms with Crippen LogP contribution in [0.3, 0.4) is 0 Å². The van der Waals surface area contributed by atoms with Crippen molar-refractivity contribution in [2.45, 2.75) is 50.1 Å². The van der Waals surface area contributed by atoms with Gasteiger partial charge in [-0.3, -0.25) is 14.5 Å². The molecule has 1 atom stereocenters. The van der Waals surface area contributed by atoms with Crippen LogP contribution in [0.1, 0.15) is 54.2 Å². The van der Waals surface area contributed by atoms with Gasteiger partial charge in [0, 0.05) is 43.3 Å². The van der Waals surface area contributed by atoms with Gasteiger partial charge in [-0.25, -0.2) is 9.37 Å². The number of carbonyl (C=O) groups excluding carboxylic acids is 1. The van der Waals surface area contributed by atoms with Crippen molar-refractivity contribution in [3.05, 3.63) is 70.2 Å². The second-order valence-electron chi connectivity index (χ2n) is 10.1. The number of benzene rings is 1. The van der Waals surface area contributed by atoms with E-state index in [1.54, 1.807) is 12.1 Å². The lowest BCUT2D eigenvalue weighted by Crippen LogP contribution is -2.44. The average Bonchev–Trinajstić information content (AvgIpc) is 3.55. The van der Waals surface area contributed by atoms with Crippen molar-refractivity contribution in [2.24, 2.45) is 0 Å². The molecule has 2 N–H and O–H groups in total. The molecule has 0 radical (unpaired) electrons. The number of rotatable bonds is 5. The summed E-state index contributed by atoms with van der Waals surface area (Å²) in [5.74, 6) is -0.298. The van der Waals surface area contributed by atoms with Crippen LogP contribution in [0.2, 0.25) is 0 Å². The molecule has 1 saturated carbocycles. The number of aromatic nitrogens is 2. The third kappa shape index (κ3) is 4.55. The number of likely N-dealkylation sites (tertiary alicyclic amines) is 1. The maximum atomic E-state index is 14.1. The van der Waals surface area contributed by atoms with Gasteiger partial charge in [-0.05, 0) is 68.3 Å². The number of H-pyrrole nitrogens is 1. The van der Waals surface area contributed by atoms with E-state index < -0.39 is 5.82 Å². The molecule has 3 aliphatic rings. The molecule has 4 heterocycles. The Balaban J connectivity index is 1.06. The summed E-state index contributed by atoms with van der Waals surface area (Å²) >= 11 is 0. The summed E-state index contributed by atoms with van der Waals surface area (Å²) < 4.78 is 14.1. The predicted octanol–water partition coefficient (Wildman–Crippen LogP) is 3.41. The number of carbonyl (C=O) groups is 1. The lowest BCUT2D eigenvalue weighted by atomic mass is 10.0. The van der Waals surface area contributed by atoms with Crippen molar-refractivity contribution in [3.63, 3.8) is 0 Å². The first-order valence-electron chi connectivity index (χ1n) is 12.6. The van der Waals surface area contributed by atoms with Crippen molar-refractivity contribution in [1.82, 2.24) is 20.2 Å². The first kappa shape index (κ1) is 22.2. The second-order valence-corrected chi connectivity index (χ2v) is 10.1. The number of hydrogen-bond acceptors (Lipinski definition) is 5. The number of pyridine rings is 2. The Labute approximate surface area is 203 Å². The van der Waals surface area contributed by atoms with Crippen LogP contribution >= 0.6 is 0 Å². The molecule has 1 aromatic carbocycles. The Morgan fingerprint density at radius 3 is 2.63 bits per heavy atom. The summed E-state index contributed by atoms with van der Waals surface area (Å²) in [5.41, 5.74) is 2.11. The highest BCUT2D eigenvalue weighted by Crippen LogP contribution is 2.31. The van der Waals surface area contributed by atoms with Crippen molar-refractivity contribution in [1.29, 1.82) is 0 Å². The third-order valence-corrected chi connectivity index (χ3v) is 7.74. The largest absolute Gasteiger partial charge is 0.370 e. The Kier molecular flexibility index (Phi) is 5.76. The normalized spacial score (nSPS) is 21.5. The molecule has 0 spiro atoms. The number of fused-ring (bicyclic) bond motifs is 1. The standard InChI is InChI=1S/C27H30FN5O2/c28-22-3-1-2-17-14-24(31-27(35)25(17)22)18-8-11-33(16-18)20-9-12-32(13-10-20)21-6-7-23(29-15-21)26(34)30-19-4-5-19/h1-3,6-7,14-15,18-20H,4-5,8-13,16H2,(H,30,34)(H,31,35). The van der Waals surface area contributed by atoms with Gasteiger partial charge in [-0.1, -0.05) is 12.1 Å². The quantitative estimate of drug-likeness (QED) is 0.591. The minimum Gasteiger partial charge on any atom is -0.370 e. The summed E-state index contributed by atoms with van der Waals surface area (Å²) in [7, 11) is 0. The second kappa shape index (κ2) is 9.07. The highest BCUT2D eigenvalue weighted by Gasteiger charge is 2.32. The van der Waals surface area contributed by atoms with Crippen LogP contribution in [-0.4, -0.2) is 59.0 Å². The molecule has 2 aliphatic heterocycles. The van der Waals surface area contributed by atoms with Crippen molar-refractivity contribution < 1.29 is 9.18 Å². The Hall–Kier alpha value is -3.26. The first-order valence-corrected chi connectivity index (χ1v) is 12.6. The predicted molar refractivity (Wildman–Crippen MR) is 133 cm³/mol. The van der Waals surface area contributed by atoms with Gasteiger partial charge in [0.05, 0.1) is 17.3 Å². The summed E-state index contributed by atoms with van der Waals surface area (Å²) in [4.78, 5) is 36.9. The Morgan fingerprint density at radius 1 is 1.06 bits per heavy atom. The van der Waals surface area contributed by atoms with Crippen LogP contribution in [0.15, 0.2) is 47.4 Å². The number of nitrogens with one attached hydrogen (secondary N) is 2. The molecule has 0 bridgehead atoms. The molecule has 3 aromatic rings. The van der Waals surface area contributed by atoms with E-state index >= 15 is 0 Å². The topological polar surface area (TPSA) is 81.3 Å². The van der Waals surface area contributed by atoms with Gasteiger partial charge in [0.15, 0.2) is 0 Å². The van der Waals surface area contributed by atoms with E-state index in [4.69, 9.17) is 0 Å². The fourth-order valence-corrected chi connectivity index (χ4v) is 5.57. The maximum absolute atomic E-state index is 14.1. The minimum absolute atomic E-state index is 0.0840. The van der Waals surface area contributed by atoms with Gasteiger partial charge < -0.3 is 15.2 Å². The molecule has 3 fully saturated rings. The summed E-state index contributed by atoms with van der Waals surface area (Å²) in [6.45, 7) is 3.82. The molecular formula is C27H30FN5O2. The number of anilines is 1. The van der Waals surface area contributed by atoms with Gasteiger partial charge in [0.1, 0.15) is 11.5 Å². The van der Waals surface area contributed by atoms with Crippen LogP contribution < -0.4 is 15.8 Å². The minimum atomic E-state index is -0.471. The lowest BCUT2D eigenvalue weighted by molar-refractivity contribution is 0.0946. The molecule has 8 heteroatoms. The third-order valence-electron chi connectivity index (χ3n) is 7.74. The van der Waals surface area contributed by atoms with Gasteiger partial charge in [-0.15, -0.1) is 0 Å². The number of amides is 1. The van der Waals surface area contributed by atoms with E-state index in [1.165, 1.54) is 6.07 Å². The molecule has 6 rings (SSSR count). The molecule has 2 saturated heterocycles. The summed E-state index contributed by atoms with van der Waals surface area (Å²) in [5, 5.41) is 3.79. The van der Waals surface area contributed by atoms with Crippen molar-refractivity contribution >= 4 is 22.4 Å². The number of hydrogen-bond donors (Lipinski definition) is 2. The zero-order valence-electron chi connectivity index (χ0n) is 19.7. The van der Waals surface area contributed by atoms with E-state index in [-0.39, 0.29) is 22.8 Å². The van der Waals surface area contributed by atoms with Gasteiger partial charge in [-0.2, -0.15) is 0 Å². The fourth-order valence-electron chi connectivity index (χ4n) is 5.57. The fraction of sp³-hybridized carbons (Fsp3) is 0.444. The van der Waals surface area contributed by atoms with Gasteiger partial charge in [0.25, 0.3) is 11.5 Å². The van der Waals surface area contributed by atoms with Crippen LogP contribution in [0.25, 0.3) is 10.8 Å². The first-order chi connectivity index (χ1) is 17.0. The molecule has 35 heavy (non-hydrogen) atoms. The SMILES string of the molecule is O=C(NC1CC1)c1ccc(N2CCC(N3CCC(c4cc5cccc(F)c5c(=O)[nH]4)C3)CC2)cn1. The van der Waals surface area contributed by atoms with E-state index in [0.717, 1.165) is 69.7 Å². The molecule has 1 unspecified atom stereocenters. The number of nitrogens with zero attached hydrogens (tertiary/aromatic N) is 3. The highest BCUT2D eigenvalue weighted by molar-refractivity contribution is 5.92. The number of aromatic amines is 1. The van der Waals surface area contributed by atoms with Crippen LogP contribution in [0.5, 0.6) is 0 Å². The summed E-state index contributed by atoms with van der Waals surface area (Å²) in [6.07, 6.45) is 7.07. The molecule has 7 nitrogen and oxygen atoms in total. The molecule has 1 aliphatic carbocycles. The van der Waals surface area contributed by atoms with Gasteiger partial charge in [0.2, 0.25) is 0 Å². The van der Waals surface area contributed by atoms with E-state index in [0.29, 0.717) is 23.2 Å². The molecular weight excluding hydrogens is 445 g/mol. The Morgan fingerprint density at radius 2 is 1.89 bits per heavy atom. The summed E-state index contributed by atoms with van der Waals surface area (Å²) in [6, 6.07) is 11.4. The van der Waals surface area contributed by atoms with Crippen LogP contribution in [-0.2, 0) is 0 Å². The molecule has 2 aromatic heterocycles. The molecule has 182 valence electrons. The van der Waals surface area contributed by atoms with Gasteiger partial charge >= 0.3 is 0 Å². The smallest absolute Gasteiger partial charge is 0.270 e. The van der Waals surface area contributed by atoms with E-state index in [2.05, 4.69) is 25.1 Å². The van der Waals surface area contributed by atoms with Crippen molar-refractivity contribution in [3.8, 4) is 0 Å². The molecule has 1 amide bonds. The van der Waals surface area contributed by atoms with Crippen LogP contribution in [0, 0.1) is 5.82 Å². The monoisotopic (exact) mass is 475 g/mol. The number of piperidine rings is 1. The van der Waals surface area contributed by atoms with Crippen LogP contribution in [0.4, 0.5) is 10.1 Å². The zero-order chi connectivity index (χ0) is 23.9. The number of halogens is 1. The Bertz CT molecular complexity index is 1300. The van der Waals surface area contributed by atoms with Crippen molar-refractivity contribution in [2.75, 3.05) is 31.1 Å². The maximum Gasteiger partial charge on any atom is 0.270 e.